The lowest BCUT2D eigenvalue weighted by atomic mass is 10.2. The van der Waals surface area contributed by atoms with Crippen LogP contribution in [-0.4, -0.2) is 39.5 Å². The fraction of sp³-hybridized carbons (Fsp3) is 0.278. The van der Waals surface area contributed by atoms with Crippen LogP contribution >= 0.6 is 11.3 Å². The number of rotatable bonds is 7. The minimum atomic E-state index is -0.135. The lowest BCUT2D eigenvalue weighted by Gasteiger charge is -2.08. The van der Waals surface area contributed by atoms with Gasteiger partial charge in [-0.15, -0.1) is 11.3 Å². The van der Waals surface area contributed by atoms with E-state index in [1.807, 2.05) is 19.1 Å². The Kier molecular flexibility index (Phi) is 5.85. The van der Waals surface area contributed by atoms with Gasteiger partial charge in [0.1, 0.15) is 4.88 Å². The van der Waals surface area contributed by atoms with Crippen LogP contribution in [0.25, 0.3) is 10.8 Å². The number of thiazole rings is 1. The van der Waals surface area contributed by atoms with Crippen LogP contribution in [-0.2, 0) is 12.8 Å². The molecule has 3 aromatic rings. The van der Waals surface area contributed by atoms with Crippen molar-refractivity contribution in [3.8, 4) is 16.7 Å². The van der Waals surface area contributed by atoms with E-state index >= 15 is 0 Å². The topological polar surface area (TPSA) is 89.9 Å². The van der Waals surface area contributed by atoms with Gasteiger partial charge in [0.25, 0.3) is 5.91 Å². The smallest absolute Gasteiger partial charge is 0.263 e. The molecular formula is C18H19N5O2S. The summed E-state index contributed by atoms with van der Waals surface area (Å²) in [5.74, 6) is 0.980. The molecular weight excluding hydrogens is 350 g/mol. The Morgan fingerprint density at radius 3 is 2.69 bits per heavy atom. The Morgan fingerprint density at radius 1 is 1.19 bits per heavy atom. The summed E-state index contributed by atoms with van der Waals surface area (Å²) < 4.78 is 5.23. The molecule has 8 heteroatoms. The molecule has 3 aromatic heterocycles. The van der Waals surface area contributed by atoms with Crippen molar-refractivity contribution in [3.63, 3.8) is 0 Å². The van der Waals surface area contributed by atoms with Gasteiger partial charge in [0.15, 0.2) is 10.8 Å². The van der Waals surface area contributed by atoms with Gasteiger partial charge in [-0.05, 0) is 25.0 Å². The number of aromatic nitrogens is 4. The molecule has 0 aliphatic heterocycles. The molecule has 0 spiro atoms. The Hall–Kier alpha value is -2.87. The maximum atomic E-state index is 12.6. The van der Waals surface area contributed by atoms with Crippen LogP contribution in [0.15, 0.2) is 36.8 Å². The maximum absolute atomic E-state index is 12.6. The van der Waals surface area contributed by atoms with Gasteiger partial charge in [0, 0.05) is 30.7 Å². The third-order valence-corrected chi connectivity index (χ3v) is 4.81. The zero-order chi connectivity index (χ0) is 18.4. The van der Waals surface area contributed by atoms with Crippen LogP contribution < -0.4 is 10.1 Å². The standard InChI is InChI=1S/C18H19N5O2S/c1-3-13-14(26-18(23-13)15-19-9-5-10-20-15)16(24)21-11-7-12-6-4-8-22-17(12)25-2/h4-6,8-10H,3,7,11H2,1-2H3,(H,21,24). The first-order valence-electron chi connectivity index (χ1n) is 8.26. The molecule has 0 aromatic carbocycles. The average Bonchev–Trinajstić information content (AvgIpc) is 3.13. The first-order chi connectivity index (χ1) is 12.7. The fourth-order valence-corrected chi connectivity index (χ4v) is 3.48. The summed E-state index contributed by atoms with van der Waals surface area (Å²) in [7, 11) is 1.59. The second-order valence-corrected chi connectivity index (χ2v) is 6.40. The Bertz CT molecular complexity index is 882. The van der Waals surface area contributed by atoms with Gasteiger partial charge < -0.3 is 10.1 Å². The van der Waals surface area contributed by atoms with E-state index in [9.17, 15) is 4.79 Å². The third-order valence-electron chi connectivity index (χ3n) is 3.72. The van der Waals surface area contributed by atoms with Crippen LogP contribution in [0.1, 0.15) is 27.9 Å². The van der Waals surface area contributed by atoms with Crippen molar-refractivity contribution >= 4 is 17.2 Å². The molecule has 0 saturated carbocycles. The monoisotopic (exact) mass is 369 g/mol. The van der Waals surface area contributed by atoms with E-state index in [1.165, 1.54) is 11.3 Å². The molecule has 0 bridgehead atoms. The summed E-state index contributed by atoms with van der Waals surface area (Å²) in [5.41, 5.74) is 1.71. The zero-order valence-corrected chi connectivity index (χ0v) is 15.4. The molecule has 0 atom stereocenters. The average molecular weight is 369 g/mol. The van der Waals surface area contributed by atoms with Crippen molar-refractivity contribution < 1.29 is 9.53 Å². The highest BCUT2D eigenvalue weighted by Gasteiger charge is 2.18. The van der Waals surface area contributed by atoms with E-state index in [-0.39, 0.29) is 5.91 Å². The Balaban J connectivity index is 1.69. The van der Waals surface area contributed by atoms with Gasteiger partial charge in [-0.1, -0.05) is 13.0 Å². The van der Waals surface area contributed by atoms with Crippen LogP contribution in [0.2, 0.25) is 0 Å². The molecule has 26 heavy (non-hydrogen) atoms. The predicted octanol–water partition coefficient (Wildman–Crippen LogP) is 2.54. The van der Waals surface area contributed by atoms with Crippen LogP contribution in [0.4, 0.5) is 0 Å². The minimum Gasteiger partial charge on any atom is -0.481 e. The molecule has 0 saturated heterocycles. The number of nitrogens with zero attached hydrogens (tertiary/aromatic N) is 4. The summed E-state index contributed by atoms with van der Waals surface area (Å²) >= 11 is 1.31. The number of pyridine rings is 1. The van der Waals surface area contributed by atoms with E-state index in [1.54, 1.807) is 31.8 Å². The van der Waals surface area contributed by atoms with Crippen molar-refractivity contribution in [3.05, 3.63) is 52.9 Å². The molecule has 0 unspecified atom stereocenters. The number of methoxy groups -OCH3 is 1. The highest BCUT2D eigenvalue weighted by Crippen LogP contribution is 2.26. The lowest BCUT2D eigenvalue weighted by Crippen LogP contribution is -2.26. The molecule has 0 fully saturated rings. The number of hydrogen-bond donors (Lipinski definition) is 1. The van der Waals surface area contributed by atoms with E-state index in [0.717, 1.165) is 11.3 Å². The number of amides is 1. The van der Waals surface area contributed by atoms with Crippen LogP contribution in [0.3, 0.4) is 0 Å². The second kappa shape index (κ2) is 8.48. The number of aryl methyl sites for hydroxylation is 1. The zero-order valence-electron chi connectivity index (χ0n) is 14.6. The van der Waals surface area contributed by atoms with Crippen molar-refractivity contribution in [2.24, 2.45) is 0 Å². The van der Waals surface area contributed by atoms with Gasteiger partial charge in [0.2, 0.25) is 5.88 Å². The number of ether oxygens (including phenoxy) is 1. The number of carbonyl (C=O) groups excluding carboxylic acids is 1. The summed E-state index contributed by atoms with van der Waals surface area (Å²) in [6.07, 6.45) is 6.31. The molecule has 0 aliphatic carbocycles. The molecule has 1 amide bonds. The molecule has 1 N–H and O–H groups in total. The number of carbonyl (C=O) groups is 1. The highest BCUT2D eigenvalue weighted by molar-refractivity contribution is 7.17. The minimum absolute atomic E-state index is 0.135. The number of nitrogens with one attached hydrogen (secondary N) is 1. The van der Waals surface area contributed by atoms with E-state index in [0.29, 0.717) is 41.0 Å². The van der Waals surface area contributed by atoms with E-state index in [2.05, 4.69) is 25.3 Å². The van der Waals surface area contributed by atoms with E-state index < -0.39 is 0 Å². The van der Waals surface area contributed by atoms with Crippen molar-refractivity contribution in [2.75, 3.05) is 13.7 Å². The Labute approximate surface area is 155 Å². The number of hydrogen-bond acceptors (Lipinski definition) is 7. The molecule has 3 heterocycles. The van der Waals surface area contributed by atoms with Crippen LogP contribution in [0, 0.1) is 0 Å². The van der Waals surface area contributed by atoms with Crippen molar-refractivity contribution in [1.29, 1.82) is 0 Å². The quantitative estimate of drug-likeness (QED) is 0.688. The normalized spacial score (nSPS) is 10.5. The molecule has 3 rings (SSSR count). The van der Waals surface area contributed by atoms with Crippen molar-refractivity contribution in [1.82, 2.24) is 25.3 Å². The summed E-state index contributed by atoms with van der Waals surface area (Å²) in [5, 5.41) is 3.60. The lowest BCUT2D eigenvalue weighted by molar-refractivity contribution is 0.0957. The van der Waals surface area contributed by atoms with Gasteiger partial charge in [0.05, 0.1) is 12.8 Å². The molecule has 0 radical (unpaired) electrons. The predicted molar refractivity (Wildman–Crippen MR) is 99.3 cm³/mol. The SMILES string of the molecule is CCc1nc(-c2ncccn2)sc1C(=O)NCCc1cccnc1OC. The van der Waals surface area contributed by atoms with Gasteiger partial charge in [-0.25, -0.2) is 19.9 Å². The summed E-state index contributed by atoms with van der Waals surface area (Å²) in [4.78, 5) is 30.3. The van der Waals surface area contributed by atoms with Gasteiger partial charge >= 0.3 is 0 Å². The van der Waals surface area contributed by atoms with E-state index in [4.69, 9.17) is 4.74 Å². The van der Waals surface area contributed by atoms with Crippen LogP contribution in [0.5, 0.6) is 5.88 Å². The maximum Gasteiger partial charge on any atom is 0.263 e. The third kappa shape index (κ3) is 4.02. The van der Waals surface area contributed by atoms with Crippen molar-refractivity contribution in [2.45, 2.75) is 19.8 Å². The highest BCUT2D eigenvalue weighted by atomic mass is 32.1. The summed E-state index contributed by atoms with van der Waals surface area (Å²) in [6, 6.07) is 5.54. The molecule has 7 nitrogen and oxygen atoms in total. The van der Waals surface area contributed by atoms with Gasteiger partial charge in [-0.3, -0.25) is 4.79 Å². The Morgan fingerprint density at radius 2 is 1.96 bits per heavy atom. The largest absolute Gasteiger partial charge is 0.481 e. The summed E-state index contributed by atoms with van der Waals surface area (Å²) in [6.45, 7) is 2.46. The first kappa shape index (κ1) is 17.9. The van der Waals surface area contributed by atoms with Gasteiger partial charge in [-0.2, -0.15) is 0 Å². The fourth-order valence-electron chi connectivity index (χ4n) is 2.46. The molecule has 134 valence electrons. The first-order valence-corrected chi connectivity index (χ1v) is 9.07. The molecule has 0 aliphatic rings. The second-order valence-electron chi connectivity index (χ2n) is 5.40.